The summed E-state index contributed by atoms with van der Waals surface area (Å²) in [5, 5.41) is 5.51. The van der Waals surface area contributed by atoms with Crippen molar-refractivity contribution in [1.29, 1.82) is 0 Å². The molecule has 0 unspecified atom stereocenters. The van der Waals surface area contributed by atoms with E-state index in [1.54, 1.807) is 42.5 Å². The van der Waals surface area contributed by atoms with E-state index in [2.05, 4.69) is 10.6 Å². The largest absolute Gasteiger partial charge is 0.354 e. The molecule has 1 fully saturated rings. The molecule has 1 heterocycles. The standard InChI is InChI=1S/C22H20ClN3O4S2/c1-14(27)25-16-6-8-17(9-7-16)31-13-20(28)24-10-11-26-21(29)19(32-22(26)30)12-15-4-2-3-5-18(15)23/h2-9,12H,10-11,13H2,1H3,(H,24,28)(H,25,27)/b19-12-. The summed E-state index contributed by atoms with van der Waals surface area (Å²) >= 11 is 8.31. The number of nitrogens with one attached hydrogen (secondary N) is 2. The first-order valence-electron chi connectivity index (χ1n) is 9.60. The maximum absolute atomic E-state index is 12.5. The van der Waals surface area contributed by atoms with E-state index in [0.29, 0.717) is 21.2 Å². The summed E-state index contributed by atoms with van der Waals surface area (Å²) in [7, 11) is 0. The molecule has 0 spiro atoms. The molecule has 1 aliphatic rings. The van der Waals surface area contributed by atoms with Gasteiger partial charge in [-0.3, -0.25) is 24.1 Å². The molecule has 0 radical (unpaired) electrons. The van der Waals surface area contributed by atoms with E-state index in [1.807, 2.05) is 12.1 Å². The Labute approximate surface area is 198 Å². The van der Waals surface area contributed by atoms with Crippen molar-refractivity contribution in [2.24, 2.45) is 0 Å². The van der Waals surface area contributed by atoms with Gasteiger partial charge in [-0.15, -0.1) is 11.8 Å². The Balaban J connectivity index is 1.45. The highest BCUT2D eigenvalue weighted by Crippen LogP contribution is 2.33. The zero-order valence-electron chi connectivity index (χ0n) is 17.1. The number of benzene rings is 2. The van der Waals surface area contributed by atoms with Gasteiger partial charge in [-0.05, 0) is 53.7 Å². The lowest BCUT2D eigenvalue weighted by atomic mass is 10.2. The minimum absolute atomic E-state index is 0.0896. The molecule has 4 amide bonds. The van der Waals surface area contributed by atoms with Crippen LogP contribution < -0.4 is 10.6 Å². The molecule has 0 atom stereocenters. The Morgan fingerprint density at radius 1 is 1.12 bits per heavy atom. The molecule has 0 bridgehead atoms. The van der Waals surface area contributed by atoms with Crippen LogP contribution in [-0.2, 0) is 14.4 Å². The van der Waals surface area contributed by atoms with Crippen LogP contribution in [-0.4, -0.2) is 46.7 Å². The molecule has 1 aliphatic heterocycles. The smallest absolute Gasteiger partial charge is 0.293 e. The fourth-order valence-electron chi connectivity index (χ4n) is 2.77. The molecule has 32 heavy (non-hydrogen) atoms. The minimum atomic E-state index is -0.400. The fourth-order valence-corrected chi connectivity index (χ4v) is 4.55. The van der Waals surface area contributed by atoms with Gasteiger partial charge < -0.3 is 10.6 Å². The molecule has 3 rings (SSSR count). The van der Waals surface area contributed by atoms with Gasteiger partial charge in [0.2, 0.25) is 11.8 Å². The highest BCUT2D eigenvalue weighted by atomic mass is 35.5. The summed E-state index contributed by atoms with van der Waals surface area (Å²) < 4.78 is 0. The lowest BCUT2D eigenvalue weighted by Gasteiger charge is -2.13. The van der Waals surface area contributed by atoms with Gasteiger partial charge in [-0.2, -0.15) is 0 Å². The van der Waals surface area contributed by atoms with Gasteiger partial charge >= 0.3 is 0 Å². The maximum Gasteiger partial charge on any atom is 0.293 e. The Bertz CT molecular complexity index is 1070. The molecule has 0 saturated carbocycles. The molecule has 166 valence electrons. The summed E-state index contributed by atoms with van der Waals surface area (Å²) in [6, 6.07) is 14.2. The van der Waals surface area contributed by atoms with Crippen LogP contribution in [0.15, 0.2) is 58.3 Å². The van der Waals surface area contributed by atoms with Crippen molar-refractivity contribution in [2.75, 3.05) is 24.2 Å². The van der Waals surface area contributed by atoms with Gasteiger partial charge in [0.1, 0.15) is 0 Å². The number of rotatable bonds is 8. The molecule has 2 N–H and O–H groups in total. The first-order valence-corrected chi connectivity index (χ1v) is 11.8. The second-order valence-electron chi connectivity index (χ2n) is 6.70. The fraction of sp³-hybridized carbons (Fsp3) is 0.182. The SMILES string of the molecule is CC(=O)Nc1ccc(SCC(=O)NCCN2C(=O)S/C(=C\c3ccccc3Cl)C2=O)cc1. The summed E-state index contributed by atoms with van der Waals surface area (Å²) in [6.45, 7) is 1.69. The van der Waals surface area contributed by atoms with E-state index in [4.69, 9.17) is 11.6 Å². The van der Waals surface area contributed by atoms with E-state index >= 15 is 0 Å². The van der Waals surface area contributed by atoms with Crippen LogP contribution >= 0.6 is 35.1 Å². The molecular weight excluding hydrogens is 470 g/mol. The average Bonchev–Trinajstić information content (AvgIpc) is 3.02. The number of halogens is 1. The van der Waals surface area contributed by atoms with Crippen LogP contribution in [0.25, 0.3) is 6.08 Å². The van der Waals surface area contributed by atoms with Crippen molar-refractivity contribution in [3.05, 3.63) is 64.0 Å². The number of carbonyl (C=O) groups is 4. The normalized spacial score (nSPS) is 14.7. The van der Waals surface area contributed by atoms with Crippen molar-refractivity contribution < 1.29 is 19.2 Å². The van der Waals surface area contributed by atoms with Crippen LogP contribution in [0.5, 0.6) is 0 Å². The van der Waals surface area contributed by atoms with Gasteiger partial charge in [-0.1, -0.05) is 29.8 Å². The molecule has 10 heteroatoms. The number of nitrogens with zero attached hydrogens (tertiary/aromatic N) is 1. The minimum Gasteiger partial charge on any atom is -0.354 e. The predicted molar refractivity (Wildman–Crippen MR) is 129 cm³/mol. The molecule has 7 nitrogen and oxygen atoms in total. The van der Waals surface area contributed by atoms with Gasteiger partial charge in [0.05, 0.1) is 10.7 Å². The second kappa shape index (κ2) is 11.2. The number of carbonyl (C=O) groups excluding carboxylic acids is 4. The van der Waals surface area contributed by atoms with E-state index in [-0.39, 0.29) is 35.9 Å². The number of anilines is 1. The van der Waals surface area contributed by atoms with Crippen LogP contribution in [0.2, 0.25) is 5.02 Å². The quantitative estimate of drug-likeness (QED) is 0.425. The molecule has 0 aromatic heterocycles. The number of hydrogen-bond donors (Lipinski definition) is 2. The first-order chi connectivity index (χ1) is 15.3. The summed E-state index contributed by atoms with van der Waals surface area (Å²) in [5.41, 5.74) is 1.35. The van der Waals surface area contributed by atoms with E-state index in [9.17, 15) is 19.2 Å². The van der Waals surface area contributed by atoms with Gasteiger partial charge in [0.25, 0.3) is 11.1 Å². The van der Waals surface area contributed by atoms with Gasteiger partial charge in [0, 0.05) is 35.6 Å². The number of thioether (sulfide) groups is 2. The zero-order chi connectivity index (χ0) is 23.1. The Kier molecular flexibility index (Phi) is 8.38. The van der Waals surface area contributed by atoms with Crippen molar-refractivity contribution in [2.45, 2.75) is 11.8 Å². The Morgan fingerprint density at radius 3 is 2.53 bits per heavy atom. The number of amides is 4. The Hall–Kier alpha value is -2.75. The molecule has 1 saturated heterocycles. The summed E-state index contributed by atoms with van der Waals surface area (Å²) in [6.07, 6.45) is 1.60. The lowest BCUT2D eigenvalue weighted by Crippen LogP contribution is -2.37. The van der Waals surface area contributed by atoms with Crippen LogP contribution in [0.4, 0.5) is 10.5 Å². The predicted octanol–water partition coefficient (Wildman–Crippen LogP) is 4.24. The first kappa shape index (κ1) is 23.9. The summed E-state index contributed by atoms with van der Waals surface area (Å²) in [5.74, 6) is -0.569. The third-order valence-corrected chi connectivity index (χ3v) is 6.53. The zero-order valence-corrected chi connectivity index (χ0v) is 19.5. The highest BCUT2D eigenvalue weighted by Gasteiger charge is 2.34. The maximum atomic E-state index is 12.5. The second-order valence-corrected chi connectivity index (χ2v) is 9.15. The molecular formula is C22H20ClN3O4S2. The van der Waals surface area contributed by atoms with Crippen LogP contribution in [0.3, 0.4) is 0 Å². The third kappa shape index (κ3) is 6.62. The van der Waals surface area contributed by atoms with Crippen molar-refractivity contribution in [1.82, 2.24) is 10.2 Å². The lowest BCUT2D eigenvalue weighted by molar-refractivity contribution is -0.123. The highest BCUT2D eigenvalue weighted by molar-refractivity contribution is 8.18. The van der Waals surface area contributed by atoms with E-state index < -0.39 is 5.91 Å². The number of hydrogen-bond acceptors (Lipinski definition) is 6. The van der Waals surface area contributed by atoms with Crippen LogP contribution in [0.1, 0.15) is 12.5 Å². The van der Waals surface area contributed by atoms with E-state index in [1.165, 1.54) is 18.7 Å². The monoisotopic (exact) mass is 489 g/mol. The molecule has 2 aromatic carbocycles. The average molecular weight is 490 g/mol. The van der Waals surface area contributed by atoms with Crippen molar-refractivity contribution in [3.8, 4) is 0 Å². The molecule has 0 aliphatic carbocycles. The van der Waals surface area contributed by atoms with Crippen LogP contribution in [0, 0.1) is 0 Å². The van der Waals surface area contributed by atoms with Crippen molar-refractivity contribution >= 4 is 69.8 Å². The third-order valence-electron chi connectivity index (χ3n) is 4.27. The number of imide groups is 1. The van der Waals surface area contributed by atoms with Gasteiger partial charge in [0.15, 0.2) is 0 Å². The summed E-state index contributed by atoms with van der Waals surface area (Å²) in [4.78, 5) is 50.2. The molecule has 2 aromatic rings. The van der Waals surface area contributed by atoms with Gasteiger partial charge in [-0.25, -0.2) is 0 Å². The topological polar surface area (TPSA) is 95.6 Å². The Morgan fingerprint density at radius 2 is 1.84 bits per heavy atom. The van der Waals surface area contributed by atoms with Crippen molar-refractivity contribution in [3.63, 3.8) is 0 Å². The van der Waals surface area contributed by atoms with E-state index in [0.717, 1.165) is 21.6 Å².